The quantitative estimate of drug-likeness (QED) is 0.659. The topological polar surface area (TPSA) is 103 Å². The third kappa shape index (κ3) is 3.53. The Kier molecular flexibility index (Phi) is 5.43. The first kappa shape index (κ1) is 21.0. The number of rotatable bonds is 4. The van der Waals surface area contributed by atoms with Crippen LogP contribution in [0.4, 0.5) is 0 Å². The lowest BCUT2D eigenvalue weighted by atomic mass is 10.1. The standard InChI is InChI=1S/C20H24N4O4S2/c1-15-20(16(2)22-21-15)30(27,28)24-12-6-11-23(13-14-24)29(25,26)19-10-5-8-17-7-3-4-9-18(17)19/h3-5,7-10H,6,11-14H2,1-2H3,(H,21,22). The third-order valence-electron chi connectivity index (χ3n) is 5.44. The number of hydrogen-bond donors (Lipinski definition) is 1. The van der Waals surface area contributed by atoms with Gasteiger partial charge in [0.25, 0.3) is 0 Å². The monoisotopic (exact) mass is 448 g/mol. The zero-order valence-electron chi connectivity index (χ0n) is 16.9. The molecule has 1 aromatic heterocycles. The van der Waals surface area contributed by atoms with Crippen LogP contribution in [0.2, 0.25) is 0 Å². The molecular formula is C20H24N4O4S2. The predicted octanol–water partition coefficient (Wildman–Crippen LogP) is 2.27. The van der Waals surface area contributed by atoms with Crippen molar-refractivity contribution in [3.8, 4) is 0 Å². The van der Waals surface area contributed by atoms with Crippen LogP contribution in [0.15, 0.2) is 52.3 Å². The SMILES string of the molecule is Cc1n[nH]c(C)c1S(=O)(=O)N1CCCN(S(=O)(=O)c2cccc3ccccc23)CC1. The number of hydrogen-bond acceptors (Lipinski definition) is 5. The van der Waals surface area contributed by atoms with E-state index >= 15 is 0 Å². The number of benzene rings is 2. The molecule has 30 heavy (non-hydrogen) atoms. The van der Waals surface area contributed by atoms with Gasteiger partial charge in [0.2, 0.25) is 20.0 Å². The third-order valence-corrected chi connectivity index (χ3v) is 9.56. The van der Waals surface area contributed by atoms with Crippen LogP contribution in [0, 0.1) is 13.8 Å². The average molecular weight is 449 g/mol. The van der Waals surface area contributed by atoms with E-state index in [1.807, 2.05) is 24.3 Å². The fourth-order valence-corrected chi connectivity index (χ4v) is 7.45. The lowest BCUT2D eigenvalue weighted by molar-refractivity contribution is 0.404. The van der Waals surface area contributed by atoms with Gasteiger partial charge >= 0.3 is 0 Å². The summed E-state index contributed by atoms with van der Waals surface area (Å²) in [6.45, 7) is 4.03. The summed E-state index contributed by atoms with van der Waals surface area (Å²) >= 11 is 0. The summed E-state index contributed by atoms with van der Waals surface area (Å²) in [7, 11) is -7.51. The Morgan fingerprint density at radius 1 is 0.833 bits per heavy atom. The van der Waals surface area contributed by atoms with Gasteiger partial charge in [-0.2, -0.15) is 13.7 Å². The molecule has 1 aliphatic rings. The molecule has 1 saturated heterocycles. The van der Waals surface area contributed by atoms with Gasteiger partial charge in [-0.15, -0.1) is 0 Å². The highest BCUT2D eigenvalue weighted by Crippen LogP contribution is 2.28. The summed E-state index contributed by atoms with van der Waals surface area (Å²) in [6.07, 6.45) is 0.416. The van der Waals surface area contributed by atoms with Crippen molar-refractivity contribution < 1.29 is 16.8 Å². The van der Waals surface area contributed by atoms with Gasteiger partial charge in [-0.25, -0.2) is 16.8 Å². The summed E-state index contributed by atoms with van der Waals surface area (Å²) in [5, 5.41) is 8.21. The van der Waals surface area contributed by atoms with E-state index in [0.29, 0.717) is 23.2 Å². The molecule has 1 aliphatic heterocycles. The van der Waals surface area contributed by atoms with Crippen LogP contribution < -0.4 is 0 Å². The van der Waals surface area contributed by atoms with Crippen LogP contribution >= 0.6 is 0 Å². The van der Waals surface area contributed by atoms with Gasteiger partial charge in [0.05, 0.1) is 16.3 Å². The van der Waals surface area contributed by atoms with Crippen LogP contribution in [-0.4, -0.2) is 61.8 Å². The van der Waals surface area contributed by atoms with Crippen molar-refractivity contribution in [3.63, 3.8) is 0 Å². The zero-order valence-corrected chi connectivity index (χ0v) is 18.5. The fourth-order valence-electron chi connectivity index (χ4n) is 3.96. The number of nitrogens with zero attached hydrogens (tertiary/aromatic N) is 3. The van der Waals surface area contributed by atoms with Gasteiger partial charge in [0.1, 0.15) is 4.90 Å². The second kappa shape index (κ2) is 7.77. The number of aromatic nitrogens is 2. The molecule has 2 heterocycles. The van der Waals surface area contributed by atoms with E-state index in [0.717, 1.165) is 5.39 Å². The molecule has 0 aliphatic carbocycles. The number of aryl methyl sites for hydroxylation is 2. The van der Waals surface area contributed by atoms with Gasteiger partial charge < -0.3 is 0 Å². The van der Waals surface area contributed by atoms with Crippen molar-refractivity contribution in [2.75, 3.05) is 26.2 Å². The van der Waals surface area contributed by atoms with Gasteiger partial charge in [0.15, 0.2) is 0 Å². The fraction of sp³-hybridized carbons (Fsp3) is 0.350. The van der Waals surface area contributed by atoms with Crippen molar-refractivity contribution in [2.24, 2.45) is 0 Å². The maximum absolute atomic E-state index is 13.4. The number of nitrogens with one attached hydrogen (secondary N) is 1. The number of sulfonamides is 2. The number of fused-ring (bicyclic) bond motifs is 1. The van der Waals surface area contributed by atoms with Gasteiger partial charge in [-0.3, -0.25) is 5.10 Å². The zero-order chi connectivity index (χ0) is 21.5. The lowest BCUT2D eigenvalue weighted by Crippen LogP contribution is -2.37. The highest BCUT2D eigenvalue weighted by molar-refractivity contribution is 7.89. The Hall–Kier alpha value is -2.27. The average Bonchev–Trinajstić information content (AvgIpc) is 2.92. The molecule has 0 saturated carbocycles. The van der Waals surface area contributed by atoms with E-state index in [1.165, 1.54) is 8.61 Å². The minimum atomic E-state index is -3.76. The highest BCUT2D eigenvalue weighted by Gasteiger charge is 2.34. The van der Waals surface area contributed by atoms with Crippen LogP contribution in [0.5, 0.6) is 0 Å². The summed E-state index contributed by atoms with van der Waals surface area (Å²) in [5.41, 5.74) is 0.897. The Balaban J connectivity index is 1.63. The maximum atomic E-state index is 13.4. The molecule has 1 N–H and O–H groups in total. The van der Waals surface area contributed by atoms with Crippen molar-refractivity contribution in [3.05, 3.63) is 53.9 Å². The summed E-state index contributed by atoms with van der Waals surface area (Å²) in [4.78, 5) is 0.422. The molecule has 2 aromatic carbocycles. The predicted molar refractivity (Wildman–Crippen MR) is 114 cm³/mol. The van der Waals surface area contributed by atoms with E-state index in [2.05, 4.69) is 10.2 Å². The molecule has 0 radical (unpaired) electrons. The first-order valence-electron chi connectivity index (χ1n) is 9.72. The Morgan fingerprint density at radius 2 is 1.47 bits per heavy atom. The lowest BCUT2D eigenvalue weighted by Gasteiger charge is -2.22. The summed E-state index contributed by atoms with van der Waals surface area (Å²) in [6, 6.07) is 12.6. The largest absolute Gasteiger partial charge is 0.281 e. The normalized spacial score (nSPS) is 17.3. The molecular weight excluding hydrogens is 424 g/mol. The molecule has 8 nitrogen and oxygen atoms in total. The van der Waals surface area contributed by atoms with E-state index in [-0.39, 0.29) is 36.0 Å². The van der Waals surface area contributed by atoms with E-state index in [4.69, 9.17) is 0 Å². The van der Waals surface area contributed by atoms with Crippen molar-refractivity contribution in [1.82, 2.24) is 18.8 Å². The van der Waals surface area contributed by atoms with Gasteiger partial charge in [0, 0.05) is 31.6 Å². The van der Waals surface area contributed by atoms with Crippen LogP contribution in [0.3, 0.4) is 0 Å². The van der Waals surface area contributed by atoms with Gasteiger partial charge in [-0.05, 0) is 31.7 Å². The molecule has 0 bridgehead atoms. The Bertz CT molecular complexity index is 1270. The molecule has 0 unspecified atom stereocenters. The minimum absolute atomic E-state index is 0.0936. The first-order valence-corrected chi connectivity index (χ1v) is 12.6. The second-order valence-electron chi connectivity index (χ2n) is 7.40. The maximum Gasteiger partial charge on any atom is 0.246 e. The molecule has 0 atom stereocenters. The minimum Gasteiger partial charge on any atom is -0.281 e. The van der Waals surface area contributed by atoms with E-state index in [1.54, 1.807) is 32.0 Å². The first-order chi connectivity index (χ1) is 14.2. The molecule has 0 spiro atoms. The Morgan fingerprint density at radius 3 is 2.13 bits per heavy atom. The van der Waals surface area contributed by atoms with Crippen molar-refractivity contribution in [1.29, 1.82) is 0 Å². The van der Waals surface area contributed by atoms with E-state index in [9.17, 15) is 16.8 Å². The second-order valence-corrected chi connectivity index (χ2v) is 11.2. The molecule has 3 aromatic rings. The molecule has 1 fully saturated rings. The van der Waals surface area contributed by atoms with Crippen LogP contribution in [-0.2, 0) is 20.0 Å². The molecule has 10 heteroatoms. The number of aromatic amines is 1. The smallest absolute Gasteiger partial charge is 0.246 e. The van der Waals surface area contributed by atoms with E-state index < -0.39 is 20.0 Å². The number of H-pyrrole nitrogens is 1. The van der Waals surface area contributed by atoms with Crippen molar-refractivity contribution >= 4 is 30.8 Å². The van der Waals surface area contributed by atoms with Crippen molar-refractivity contribution in [2.45, 2.75) is 30.1 Å². The molecule has 160 valence electrons. The van der Waals surface area contributed by atoms with Crippen LogP contribution in [0.1, 0.15) is 17.8 Å². The summed E-state index contributed by atoms with van der Waals surface area (Å²) in [5.74, 6) is 0. The van der Waals surface area contributed by atoms with Crippen LogP contribution in [0.25, 0.3) is 10.8 Å². The van der Waals surface area contributed by atoms with Gasteiger partial charge in [-0.1, -0.05) is 36.4 Å². The highest BCUT2D eigenvalue weighted by atomic mass is 32.2. The molecule has 4 rings (SSSR count). The Labute approximate surface area is 176 Å². The molecule has 0 amide bonds. The summed E-state index contributed by atoms with van der Waals surface area (Å²) < 4.78 is 55.8.